The Balaban J connectivity index is 0.000000314. The Labute approximate surface area is 166 Å². The largest absolute Gasteiger partial charge is 0.496 e. The molecule has 0 spiro atoms. The van der Waals surface area contributed by atoms with Gasteiger partial charge in [0.1, 0.15) is 5.75 Å². The van der Waals surface area contributed by atoms with Gasteiger partial charge in [0, 0.05) is 6.42 Å². The summed E-state index contributed by atoms with van der Waals surface area (Å²) in [5, 5.41) is 0. The average Bonchev–Trinajstić information content (AvgIpc) is 3.15. The second-order valence-corrected chi connectivity index (χ2v) is 7.59. The van der Waals surface area contributed by atoms with Gasteiger partial charge in [0.15, 0.2) is 0 Å². The Morgan fingerprint density at radius 2 is 1.81 bits per heavy atom. The van der Waals surface area contributed by atoms with Crippen LogP contribution in [0.4, 0.5) is 0 Å². The van der Waals surface area contributed by atoms with Crippen molar-refractivity contribution in [2.45, 2.75) is 78.1 Å². The van der Waals surface area contributed by atoms with Gasteiger partial charge in [-0.1, -0.05) is 44.7 Å². The summed E-state index contributed by atoms with van der Waals surface area (Å²) in [6.45, 7) is 8.16. The molecule has 1 aromatic rings. The first-order chi connectivity index (χ1) is 13.1. The monoisotopic (exact) mass is 376 g/mol. The number of carbonyl (C=O) groups is 1. The molecule has 4 heteroatoms. The number of primary amides is 1. The Bertz CT molecular complexity index is 525. The van der Waals surface area contributed by atoms with Gasteiger partial charge in [0.25, 0.3) is 0 Å². The first-order valence-electron chi connectivity index (χ1n) is 10.7. The lowest BCUT2D eigenvalue weighted by Gasteiger charge is -2.14. The van der Waals surface area contributed by atoms with E-state index in [-0.39, 0.29) is 5.91 Å². The van der Waals surface area contributed by atoms with Crippen molar-refractivity contribution in [1.29, 1.82) is 0 Å². The van der Waals surface area contributed by atoms with Crippen LogP contribution >= 0.6 is 0 Å². The fourth-order valence-corrected chi connectivity index (χ4v) is 3.51. The van der Waals surface area contributed by atoms with Crippen LogP contribution in [0.2, 0.25) is 0 Å². The molecule has 4 nitrogen and oxygen atoms in total. The van der Waals surface area contributed by atoms with Crippen molar-refractivity contribution in [1.82, 2.24) is 4.90 Å². The van der Waals surface area contributed by atoms with E-state index < -0.39 is 0 Å². The van der Waals surface area contributed by atoms with Gasteiger partial charge in [-0.3, -0.25) is 4.79 Å². The maximum Gasteiger partial charge on any atom is 0.217 e. The van der Waals surface area contributed by atoms with Gasteiger partial charge >= 0.3 is 0 Å². The highest BCUT2D eigenvalue weighted by Gasteiger charge is 2.10. The Morgan fingerprint density at radius 1 is 1.11 bits per heavy atom. The van der Waals surface area contributed by atoms with Crippen molar-refractivity contribution in [3.05, 3.63) is 29.3 Å². The zero-order valence-electron chi connectivity index (χ0n) is 17.8. The Kier molecular flexibility index (Phi) is 12.6. The van der Waals surface area contributed by atoms with E-state index in [4.69, 9.17) is 10.5 Å². The zero-order chi connectivity index (χ0) is 19.9. The number of hydrogen-bond acceptors (Lipinski definition) is 3. The van der Waals surface area contributed by atoms with Crippen molar-refractivity contribution >= 4 is 5.91 Å². The lowest BCUT2D eigenvalue weighted by Crippen LogP contribution is -2.20. The molecule has 0 saturated carbocycles. The molecule has 1 amide bonds. The summed E-state index contributed by atoms with van der Waals surface area (Å²) in [4.78, 5) is 12.8. The van der Waals surface area contributed by atoms with E-state index in [1.165, 1.54) is 75.7 Å². The summed E-state index contributed by atoms with van der Waals surface area (Å²) in [6, 6.07) is 6.53. The van der Waals surface area contributed by atoms with Crippen LogP contribution < -0.4 is 10.5 Å². The fraction of sp³-hybridized carbons (Fsp3) is 0.696. The molecule has 1 heterocycles. The second-order valence-electron chi connectivity index (χ2n) is 7.59. The molecule has 0 aromatic heterocycles. The van der Waals surface area contributed by atoms with Crippen molar-refractivity contribution < 1.29 is 9.53 Å². The smallest absolute Gasteiger partial charge is 0.217 e. The lowest BCUT2D eigenvalue weighted by atomic mass is 10.1. The van der Waals surface area contributed by atoms with E-state index >= 15 is 0 Å². The molecule has 154 valence electrons. The van der Waals surface area contributed by atoms with Gasteiger partial charge in [-0.25, -0.2) is 0 Å². The second kappa shape index (κ2) is 14.5. The summed E-state index contributed by atoms with van der Waals surface area (Å²) < 4.78 is 5.28. The average molecular weight is 377 g/mol. The minimum Gasteiger partial charge on any atom is -0.496 e. The van der Waals surface area contributed by atoms with E-state index in [9.17, 15) is 4.79 Å². The molecule has 0 radical (unpaired) electrons. The normalized spacial score (nSPS) is 13.9. The number of rotatable bonds is 11. The summed E-state index contributed by atoms with van der Waals surface area (Å²) in [5.41, 5.74) is 7.64. The quantitative estimate of drug-likeness (QED) is 0.561. The van der Waals surface area contributed by atoms with E-state index in [1.54, 1.807) is 7.11 Å². The van der Waals surface area contributed by atoms with Gasteiger partial charge < -0.3 is 15.4 Å². The van der Waals surface area contributed by atoms with Crippen LogP contribution in [0.5, 0.6) is 5.75 Å². The molecule has 1 aromatic carbocycles. The molecule has 0 bridgehead atoms. The molecule has 1 fully saturated rings. The van der Waals surface area contributed by atoms with Crippen molar-refractivity contribution in [2.24, 2.45) is 5.73 Å². The van der Waals surface area contributed by atoms with Gasteiger partial charge in [-0.05, 0) is 75.9 Å². The maximum absolute atomic E-state index is 10.3. The van der Waals surface area contributed by atoms with E-state index in [0.717, 1.165) is 18.6 Å². The van der Waals surface area contributed by atoms with E-state index in [1.807, 2.05) is 0 Å². The summed E-state index contributed by atoms with van der Waals surface area (Å²) in [6.07, 6.45) is 11.7. The fourth-order valence-electron chi connectivity index (χ4n) is 3.51. The highest BCUT2D eigenvalue weighted by Crippen LogP contribution is 2.19. The first-order valence-corrected chi connectivity index (χ1v) is 10.7. The standard InChI is InChI=1S/C15H23NO.C8H17NO/c1-13-12-14(7-8-15(13)17-2)6-5-11-16-9-3-4-10-16;1-2-3-4-5-6-7-8(9)10/h7-8,12H,3-6,9-11H2,1-2H3;2-7H2,1H3,(H2,9,10). The van der Waals surface area contributed by atoms with Crippen LogP contribution in [0, 0.1) is 6.92 Å². The van der Waals surface area contributed by atoms with Crippen LogP contribution in [0.3, 0.4) is 0 Å². The predicted octanol–water partition coefficient (Wildman–Crippen LogP) is 4.86. The molecule has 27 heavy (non-hydrogen) atoms. The Morgan fingerprint density at radius 3 is 2.41 bits per heavy atom. The number of benzene rings is 1. The number of hydrogen-bond donors (Lipinski definition) is 1. The summed E-state index contributed by atoms with van der Waals surface area (Å²) >= 11 is 0. The number of likely N-dealkylation sites (tertiary alicyclic amines) is 1. The molecule has 2 rings (SSSR count). The third-order valence-electron chi connectivity index (χ3n) is 5.12. The van der Waals surface area contributed by atoms with Crippen molar-refractivity contribution in [3.8, 4) is 5.75 Å². The molecule has 2 N–H and O–H groups in total. The molecule has 1 saturated heterocycles. The Hall–Kier alpha value is -1.55. The van der Waals surface area contributed by atoms with Gasteiger partial charge in [-0.2, -0.15) is 0 Å². The molecular formula is C23H40N2O2. The first kappa shape index (κ1) is 23.5. The van der Waals surface area contributed by atoms with Crippen molar-refractivity contribution in [3.63, 3.8) is 0 Å². The third kappa shape index (κ3) is 11.0. The van der Waals surface area contributed by atoms with Gasteiger partial charge in [0.05, 0.1) is 7.11 Å². The summed E-state index contributed by atoms with van der Waals surface area (Å²) in [5.74, 6) is 0.824. The number of nitrogens with zero attached hydrogens (tertiary/aromatic N) is 1. The van der Waals surface area contributed by atoms with Crippen LogP contribution in [0.15, 0.2) is 18.2 Å². The van der Waals surface area contributed by atoms with E-state index in [2.05, 4.69) is 36.9 Å². The molecule has 1 aliphatic heterocycles. The third-order valence-corrected chi connectivity index (χ3v) is 5.12. The molecular weight excluding hydrogens is 336 g/mol. The number of amides is 1. The van der Waals surface area contributed by atoms with Crippen LogP contribution in [-0.2, 0) is 11.2 Å². The highest BCUT2D eigenvalue weighted by atomic mass is 16.5. The molecule has 0 atom stereocenters. The summed E-state index contributed by atoms with van der Waals surface area (Å²) in [7, 11) is 1.73. The number of nitrogens with two attached hydrogens (primary N) is 1. The predicted molar refractivity (Wildman–Crippen MR) is 114 cm³/mol. The molecule has 0 aliphatic carbocycles. The molecule has 0 unspecified atom stereocenters. The van der Waals surface area contributed by atoms with Gasteiger partial charge in [-0.15, -0.1) is 0 Å². The van der Waals surface area contributed by atoms with E-state index in [0.29, 0.717) is 6.42 Å². The SMILES string of the molecule is CCCCCCCC(N)=O.COc1ccc(CCCN2CCCC2)cc1C. The lowest BCUT2D eigenvalue weighted by molar-refractivity contribution is -0.118. The number of carbonyl (C=O) groups excluding carboxylic acids is 1. The number of aryl methyl sites for hydroxylation is 2. The minimum absolute atomic E-state index is 0.170. The number of unbranched alkanes of at least 4 members (excludes halogenated alkanes) is 4. The van der Waals surface area contributed by atoms with Crippen molar-refractivity contribution in [2.75, 3.05) is 26.7 Å². The highest BCUT2D eigenvalue weighted by molar-refractivity contribution is 5.73. The van der Waals surface area contributed by atoms with Crippen LogP contribution in [0.25, 0.3) is 0 Å². The maximum atomic E-state index is 10.3. The topological polar surface area (TPSA) is 55.6 Å². The minimum atomic E-state index is -0.170. The number of methoxy groups -OCH3 is 1. The molecule has 1 aliphatic rings. The van der Waals surface area contributed by atoms with Gasteiger partial charge in [0.2, 0.25) is 5.91 Å². The zero-order valence-corrected chi connectivity index (χ0v) is 17.8. The number of ether oxygens (including phenoxy) is 1. The van der Waals surface area contributed by atoms with Crippen LogP contribution in [-0.4, -0.2) is 37.6 Å². The van der Waals surface area contributed by atoms with Crippen LogP contribution in [0.1, 0.15) is 75.8 Å².